The van der Waals surface area contributed by atoms with Crippen molar-refractivity contribution in [3.8, 4) is 0 Å². The van der Waals surface area contributed by atoms with E-state index in [0.717, 1.165) is 32.4 Å². The summed E-state index contributed by atoms with van der Waals surface area (Å²) < 4.78 is 53.2. The van der Waals surface area contributed by atoms with E-state index >= 15 is 0 Å². The Morgan fingerprint density at radius 3 is 2.38 bits per heavy atom. The number of hydrogen-bond acceptors (Lipinski definition) is 2. The molecule has 0 aliphatic carbocycles. The molecule has 0 aliphatic rings. The molecule has 0 fully saturated rings. The van der Waals surface area contributed by atoms with E-state index in [9.17, 15) is 17.6 Å². The summed E-state index contributed by atoms with van der Waals surface area (Å²) in [6.07, 6.45) is -4.50. The number of aryl methyl sites for hydroxylation is 1. The molecule has 0 radical (unpaired) electrons. The second kappa shape index (κ2) is 6.06. The number of alkyl halides is 3. The first kappa shape index (κ1) is 16.5. The molecule has 1 heterocycles. The van der Waals surface area contributed by atoms with Gasteiger partial charge in [-0.25, -0.2) is 4.39 Å². The van der Waals surface area contributed by atoms with Gasteiger partial charge in [0.05, 0.1) is 11.6 Å². The first-order valence-corrected chi connectivity index (χ1v) is 7.64. The zero-order valence-corrected chi connectivity index (χ0v) is 13.6. The van der Waals surface area contributed by atoms with E-state index in [4.69, 9.17) is 0 Å². The Kier molecular flexibility index (Phi) is 4.75. The lowest BCUT2D eigenvalue weighted by atomic mass is 10.0. The highest BCUT2D eigenvalue weighted by Gasteiger charge is 2.32. The highest BCUT2D eigenvalue weighted by atomic mass is 79.9. The van der Waals surface area contributed by atoms with Crippen LogP contribution < -0.4 is 5.32 Å². The van der Waals surface area contributed by atoms with Crippen LogP contribution in [-0.4, -0.2) is 7.05 Å². The lowest BCUT2D eigenvalue weighted by molar-refractivity contribution is -0.137. The van der Waals surface area contributed by atoms with Crippen molar-refractivity contribution in [2.45, 2.75) is 19.1 Å². The van der Waals surface area contributed by atoms with E-state index in [1.165, 1.54) is 11.3 Å². The number of nitrogens with one attached hydrogen (secondary N) is 1. The molecular formula is C14H12BrF4NS. The molecule has 1 N–H and O–H groups in total. The molecule has 114 valence electrons. The third kappa shape index (κ3) is 3.46. The average molecular weight is 382 g/mol. The highest BCUT2D eigenvalue weighted by molar-refractivity contribution is 9.10. The van der Waals surface area contributed by atoms with Gasteiger partial charge in [0.1, 0.15) is 5.82 Å². The molecule has 0 saturated carbocycles. The number of thiophene rings is 1. The van der Waals surface area contributed by atoms with Gasteiger partial charge >= 0.3 is 6.18 Å². The Morgan fingerprint density at radius 1 is 1.24 bits per heavy atom. The number of halogens is 5. The second-order valence-corrected chi connectivity index (χ2v) is 6.67. The molecule has 7 heteroatoms. The molecule has 0 saturated heterocycles. The van der Waals surface area contributed by atoms with Gasteiger partial charge in [0.2, 0.25) is 0 Å². The lowest BCUT2D eigenvalue weighted by Crippen LogP contribution is -2.19. The van der Waals surface area contributed by atoms with E-state index in [2.05, 4.69) is 21.2 Å². The summed E-state index contributed by atoms with van der Waals surface area (Å²) in [4.78, 5) is 1.73. The molecule has 21 heavy (non-hydrogen) atoms. The zero-order chi connectivity index (χ0) is 15.8. The van der Waals surface area contributed by atoms with Crippen molar-refractivity contribution in [2.24, 2.45) is 0 Å². The lowest BCUT2D eigenvalue weighted by Gasteiger charge is -2.18. The zero-order valence-electron chi connectivity index (χ0n) is 11.2. The van der Waals surface area contributed by atoms with Gasteiger partial charge in [-0.1, -0.05) is 0 Å². The SMILES string of the molecule is CNC(c1cc(C(F)(F)F)ccc1F)c1sc(C)cc1Br. The van der Waals surface area contributed by atoms with Crippen LogP contribution in [0.1, 0.15) is 26.9 Å². The van der Waals surface area contributed by atoms with Gasteiger partial charge in [0, 0.05) is 19.8 Å². The molecule has 1 unspecified atom stereocenters. The van der Waals surface area contributed by atoms with Gasteiger partial charge in [0.15, 0.2) is 0 Å². The molecular weight excluding hydrogens is 370 g/mol. The van der Waals surface area contributed by atoms with E-state index in [-0.39, 0.29) is 5.56 Å². The van der Waals surface area contributed by atoms with Gasteiger partial charge in [-0.2, -0.15) is 13.2 Å². The predicted octanol–water partition coefficient (Wildman–Crippen LogP) is 5.29. The van der Waals surface area contributed by atoms with Crippen LogP contribution in [0.15, 0.2) is 28.7 Å². The van der Waals surface area contributed by atoms with Gasteiger partial charge in [-0.05, 0) is 54.2 Å². The minimum absolute atomic E-state index is 0.0186. The fraction of sp³-hybridized carbons (Fsp3) is 0.286. The standard InChI is InChI=1S/C14H12BrF4NS/c1-7-5-10(15)13(21-7)12(20-2)9-6-8(14(17,18)19)3-4-11(9)16/h3-6,12,20H,1-2H3. The van der Waals surface area contributed by atoms with Gasteiger partial charge in [-0.3, -0.25) is 0 Å². The van der Waals surface area contributed by atoms with E-state index in [1.54, 1.807) is 7.05 Å². The summed E-state index contributed by atoms with van der Waals surface area (Å²) in [6, 6.07) is 3.69. The molecule has 0 bridgehead atoms. The summed E-state index contributed by atoms with van der Waals surface area (Å²) in [5, 5.41) is 2.88. The van der Waals surface area contributed by atoms with Crippen LogP contribution in [0.3, 0.4) is 0 Å². The van der Waals surface area contributed by atoms with Crippen LogP contribution in [0.4, 0.5) is 17.6 Å². The second-order valence-electron chi connectivity index (χ2n) is 4.52. The fourth-order valence-corrected chi connectivity index (χ4v) is 4.08. The first-order chi connectivity index (χ1) is 9.74. The summed E-state index contributed by atoms with van der Waals surface area (Å²) in [6.45, 7) is 1.88. The van der Waals surface area contributed by atoms with Gasteiger partial charge < -0.3 is 5.32 Å². The van der Waals surface area contributed by atoms with Crippen molar-refractivity contribution >= 4 is 27.3 Å². The minimum atomic E-state index is -4.50. The number of benzene rings is 1. The summed E-state index contributed by atoms with van der Waals surface area (Å²) >= 11 is 4.77. The Labute approximate surface area is 132 Å². The highest BCUT2D eigenvalue weighted by Crippen LogP contribution is 2.38. The molecule has 1 nitrogen and oxygen atoms in total. The fourth-order valence-electron chi connectivity index (χ4n) is 2.07. The van der Waals surface area contributed by atoms with Crippen LogP contribution in [0.5, 0.6) is 0 Å². The van der Waals surface area contributed by atoms with Crippen LogP contribution in [0, 0.1) is 12.7 Å². The monoisotopic (exact) mass is 381 g/mol. The van der Waals surface area contributed by atoms with Gasteiger partial charge in [-0.15, -0.1) is 11.3 Å². The molecule has 1 atom stereocenters. The Balaban J connectivity index is 2.54. The summed E-state index contributed by atoms with van der Waals surface area (Å²) in [7, 11) is 1.59. The van der Waals surface area contributed by atoms with E-state index in [1.807, 2.05) is 13.0 Å². The van der Waals surface area contributed by atoms with E-state index < -0.39 is 23.6 Å². The molecule has 2 aromatic rings. The van der Waals surface area contributed by atoms with Crippen molar-refractivity contribution in [1.29, 1.82) is 0 Å². The van der Waals surface area contributed by atoms with Crippen molar-refractivity contribution < 1.29 is 17.6 Å². The summed E-state index contributed by atoms with van der Waals surface area (Å²) in [5.74, 6) is -0.666. The maximum atomic E-state index is 14.0. The Morgan fingerprint density at radius 2 is 1.90 bits per heavy atom. The van der Waals surface area contributed by atoms with Crippen molar-refractivity contribution in [2.75, 3.05) is 7.05 Å². The van der Waals surface area contributed by atoms with Crippen LogP contribution >= 0.6 is 27.3 Å². The first-order valence-electron chi connectivity index (χ1n) is 6.03. The quantitative estimate of drug-likeness (QED) is 0.712. The maximum Gasteiger partial charge on any atom is 0.416 e. The molecule has 2 rings (SSSR count). The molecule has 1 aromatic heterocycles. The average Bonchev–Trinajstić information content (AvgIpc) is 2.70. The van der Waals surface area contributed by atoms with Crippen molar-refractivity contribution in [3.63, 3.8) is 0 Å². The normalized spacial score (nSPS) is 13.5. The largest absolute Gasteiger partial charge is 0.416 e. The third-order valence-electron chi connectivity index (χ3n) is 3.02. The smallest absolute Gasteiger partial charge is 0.309 e. The third-order valence-corrected chi connectivity index (χ3v) is 5.06. The number of rotatable bonds is 3. The predicted molar refractivity (Wildman–Crippen MR) is 79.1 cm³/mol. The minimum Gasteiger partial charge on any atom is -0.309 e. The molecule has 0 spiro atoms. The summed E-state index contributed by atoms with van der Waals surface area (Å²) in [5.41, 5.74) is -0.876. The maximum absolute atomic E-state index is 14.0. The van der Waals surface area contributed by atoms with Gasteiger partial charge in [0.25, 0.3) is 0 Å². The Hall–Kier alpha value is -0.920. The van der Waals surface area contributed by atoms with Crippen LogP contribution in [0.25, 0.3) is 0 Å². The van der Waals surface area contributed by atoms with Crippen molar-refractivity contribution in [3.05, 3.63) is 55.4 Å². The number of hydrogen-bond donors (Lipinski definition) is 1. The molecule has 0 aliphatic heterocycles. The van der Waals surface area contributed by atoms with Crippen LogP contribution in [-0.2, 0) is 6.18 Å². The van der Waals surface area contributed by atoms with Crippen molar-refractivity contribution in [1.82, 2.24) is 5.32 Å². The van der Waals surface area contributed by atoms with Crippen LogP contribution in [0.2, 0.25) is 0 Å². The topological polar surface area (TPSA) is 12.0 Å². The van der Waals surface area contributed by atoms with E-state index in [0.29, 0.717) is 0 Å². The Bertz CT molecular complexity index is 651. The molecule has 1 aromatic carbocycles. The molecule has 0 amide bonds.